The molecule has 1 rings (SSSR count). The van der Waals surface area contributed by atoms with Gasteiger partial charge in [-0.3, -0.25) is 0 Å². The van der Waals surface area contributed by atoms with Crippen molar-refractivity contribution in [1.82, 2.24) is 0 Å². The van der Waals surface area contributed by atoms with Crippen LogP contribution in [0.25, 0.3) is 0 Å². The molecule has 0 aliphatic heterocycles. The van der Waals surface area contributed by atoms with Gasteiger partial charge in [0, 0.05) is 6.07 Å². The molecule has 1 aromatic carbocycles. The highest BCUT2D eigenvalue weighted by molar-refractivity contribution is 9.10. The van der Waals surface area contributed by atoms with Gasteiger partial charge in [-0.2, -0.15) is 0 Å². The van der Waals surface area contributed by atoms with Gasteiger partial charge >= 0.3 is 5.97 Å². The maximum Gasteiger partial charge on any atom is 0.341 e. The third kappa shape index (κ3) is 2.63. The van der Waals surface area contributed by atoms with Crippen molar-refractivity contribution >= 4 is 27.6 Å². The maximum atomic E-state index is 11.8. The fraction of sp³-hybridized carbons (Fsp3) is 0.364. The number of nitrogen functional groups attached to an aromatic ring is 1. The summed E-state index contributed by atoms with van der Waals surface area (Å²) in [4.78, 5) is 11.8. The highest BCUT2D eigenvalue weighted by Gasteiger charge is 2.22. The number of nitrogens with two attached hydrogens (primary N) is 1. The second-order valence-electron chi connectivity index (χ2n) is 3.10. The van der Waals surface area contributed by atoms with Crippen LogP contribution in [-0.4, -0.2) is 26.8 Å². The number of esters is 1. The fourth-order valence-electron chi connectivity index (χ4n) is 1.35. The molecule has 0 saturated heterocycles. The zero-order valence-electron chi connectivity index (χ0n) is 9.87. The first kappa shape index (κ1) is 13.6. The molecular weight excluding hydrogens is 290 g/mol. The summed E-state index contributed by atoms with van der Waals surface area (Å²) in [6, 6.07) is 1.60. The molecule has 0 atom stereocenters. The van der Waals surface area contributed by atoms with E-state index >= 15 is 0 Å². The van der Waals surface area contributed by atoms with Gasteiger partial charge < -0.3 is 19.9 Å². The largest absolute Gasteiger partial charge is 0.495 e. The van der Waals surface area contributed by atoms with Crippen LogP contribution in [0.3, 0.4) is 0 Å². The van der Waals surface area contributed by atoms with Gasteiger partial charge in [-0.25, -0.2) is 4.79 Å². The van der Waals surface area contributed by atoms with Gasteiger partial charge in [-0.05, 0) is 22.9 Å². The molecule has 0 radical (unpaired) electrons. The van der Waals surface area contributed by atoms with Crippen molar-refractivity contribution in [3.05, 3.63) is 16.1 Å². The molecule has 6 heteroatoms. The molecule has 5 nitrogen and oxygen atoms in total. The molecule has 0 aliphatic carbocycles. The summed E-state index contributed by atoms with van der Waals surface area (Å²) in [6.07, 6.45) is 0. The molecule has 0 bridgehead atoms. The SMILES string of the molecule is CCOC(=O)c1c(N)c(OC)cc(OC)c1Br. The summed E-state index contributed by atoms with van der Waals surface area (Å²) < 4.78 is 15.6. The Bertz CT molecular complexity index is 406. The number of benzene rings is 1. The molecule has 0 spiro atoms. The summed E-state index contributed by atoms with van der Waals surface area (Å²) in [5, 5.41) is 0. The lowest BCUT2D eigenvalue weighted by Gasteiger charge is -2.14. The zero-order valence-corrected chi connectivity index (χ0v) is 11.5. The molecule has 94 valence electrons. The second-order valence-corrected chi connectivity index (χ2v) is 3.90. The highest BCUT2D eigenvalue weighted by atomic mass is 79.9. The van der Waals surface area contributed by atoms with E-state index in [9.17, 15) is 4.79 Å². The summed E-state index contributed by atoms with van der Waals surface area (Å²) in [7, 11) is 2.96. The summed E-state index contributed by atoms with van der Waals surface area (Å²) >= 11 is 3.26. The van der Waals surface area contributed by atoms with Gasteiger partial charge in [0.2, 0.25) is 0 Å². The molecule has 0 amide bonds. The van der Waals surface area contributed by atoms with Crippen molar-refractivity contribution in [3.8, 4) is 11.5 Å². The Morgan fingerprint density at radius 3 is 2.41 bits per heavy atom. The minimum absolute atomic E-state index is 0.211. The van der Waals surface area contributed by atoms with E-state index < -0.39 is 5.97 Å². The number of hydrogen-bond acceptors (Lipinski definition) is 5. The van der Waals surface area contributed by atoms with E-state index in [0.29, 0.717) is 16.0 Å². The van der Waals surface area contributed by atoms with Crippen LogP contribution in [0.2, 0.25) is 0 Å². The van der Waals surface area contributed by atoms with Crippen LogP contribution in [0.5, 0.6) is 11.5 Å². The zero-order chi connectivity index (χ0) is 13.0. The Balaban J connectivity index is 3.39. The van der Waals surface area contributed by atoms with Crippen LogP contribution in [0.4, 0.5) is 5.69 Å². The number of ether oxygens (including phenoxy) is 3. The van der Waals surface area contributed by atoms with E-state index in [1.54, 1.807) is 13.0 Å². The Kier molecular flexibility index (Phi) is 4.62. The Morgan fingerprint density at radius 1 is 1.35 bits per heavy atom. The van der Waals surface area contributed by atoms with Gasteiger partial charge in [0.05, 0.1) is 31.0 Å². The van der Waals surface area contributed by atoms with Crippen molar-refractivity contribution in [2.24, 2.45) is 0 Å². The lowest BCUT2D eigenvalue weighted by molar-refractivity contribution is 0.0525. The smallest absolute Gasteiger partial charge is 0.341 e. The Hall–Kier alpha value is -1.43. The van der Waals surface area contributed by atoms with Gasteiger partial charge in [-0.1, -0.05) is 0 Å². The first-order valence-electron chi connectivity index (χ1n) is 4.93. The summed E-state index contributed by atoms with van der Waals surface area (Å²) in [5.41, 5.74) is 6.27. The van der Waals surface area contributed by atoms with Gasteiger partial charge in [0.25, 0.3) is 0 Å². The minimum Gasteiger partial charge on any atom is -0.495 e. The number of methoxy groups -OCH3 is 2. The summed E-state index contributed by atoms with van der Waals surface area (Å²) in [6.45, 7) is 1.99. The normalized spacial score (nSPS) is 9.88. The molecule has 2 N–H and O–H groups in total. The van der Waals surface area contributed by atoms with E-state index in [4.69, 9.17) is 19.9 Å². The van der Waals surface area contributed by atoms with Crippen LogP contribution in [0.15, 0.2) is 10.5 Å². The van der Waals surface area contributed by atoms with Crippen molar-refractivity contribution in [2.45, 2.75) is 6.92 Å². The van der Waals surface area contributed by atoms with Crippen LogP contribution in [-0.2, 0) is 4.74 Å². The molecule has 1 aromatic rings. The molecule has 0 unspecified atom stereocenters. The van der Waals surface area contributed by atoms with Crippen molar-refractivity contribution < 1.29 is 19.0 Å². The molecule has 0 aliphatic rings. The van der Waals surface area contributed by atoms with E-state index in [1.807, 2.05) is 0 Å². The Morgan fingerprint density at radius 2 is 1.94 bits per heavy atom. The van der Waals surface area contributed by atoms with E-state index in [1.165, 1.54) is 14.2 Å². The van der Waals surface area contributed by atoms with Crippen molar-refractivity contribution in [2.75, 3.05) is 26.6 Å². The van der Waals surface area contributed by atoms with Crippen molar-refractivity contribution in [1.29, 1.82) is 0 Å². The minimum atomic E-state index is -0.519. The predicted octanol–water partition coefficient (Wildman–Crippen LogP) is 2.23. The fourth-order valence-corrected chi connectivity index (χ4v) is 2.00. The topological polar surface area (TPSA) is 70.8 Å². The van der Waals surface area contributed by atoms with Gasteiger partial charge in [-0.15, -0.1) is 0 Å². The standard InChI is InChI=1S/C11H14BrNO4/c1-4-17-11(14)8-9(12)6(15-2)5-7(16-3)10(8)13/h5H,4,13H2,1-3H3. The Labute approximate surface area is 108 Å². The molecule has 0 saturated carbocycles. The first-order valence-corrected chi connectivity index (χ1v) is 5.73. The van der Waals surface area contributed by atoms with Crippen LogP contribution < -0.4 is 15.2 Å². The first-order chi connectivity index (χ1) is 8.06. The van der Waals surface area contributed by atoms with E-state index in [2.05, 4.69) is 15.9 Å². The number of hydrogen-bond donors (Lipinski definition) is 1. The average molecular weight is 304 g/mol. The summed E-state index contributed by atoms with van der Waals surface area (Å²) in [5.74, 6) is 0.307. The quantitative estimate of drug-likeness (QED) is 0.682. The van der Waals surface area contributed by atoms with Crippen LogP contribution in [0, 0.1) is 0 Å². The second kappa shape index (κ2) is 5.77. The number of rotatable bonds is 4. The van der Waals surface area contributed by atoms with Gasteiger partial charge in [0.1, 0.15) is 17.1 Å². The average Bonchev–Trinajstić information content (AvgIpc) is 2.30. The third-order valence-corrected chi connectivity index (χ3v) is 2.94. The van der Waals surface area contributed by atoms with E-state index in [-0.39, 0.29) is 17.9 Å². The molecular formula is C11H14BrNO4. The maximum absolute atomic E-state index is 11.8. The monoisotopic (exact) mass is 303 g/mol. The predicted molar refractivity (Wildman–Crippen MR) is 67.6 cm³/mol. The van der Waals surface area contributed by atoms with Crippen molar-refractivity contribution in [3.63, 3.8) is 0 Å². The van der Waals surface area contributed by atoms with Crippen LogP contribution in [0.1, 0.15) is 17.3 Å². The highest BCUT2D eigenvalue weighted by Crippen LogP contribution is 2.39. The number of anilines is 1. The number of carbonyl (C=O) groups excluding carboxylic acids is 1. The molecule has 0 fully saturated rings. The third-order valence-electron chi connectivity index (χ3n) is 2.15. The van der Waals surface area contributed by atoms with E-state index in [0.717, 1.165) is 0 Å². The van der Waals surface area contributed by atoms with Crippen LogP contribution >= 0.6 is 15.9 Å². The van der Waals surface area contributed by atoms with Gasteiger partial charge in [0.15, 0.2) is 0 Å². The lowest BCUT2D eigenvalue weighted by atomic mass is 10.1. The molecule has 0 aromatic heterocycles. The lowest BCUT2D eigenvalue weighted by Crippen LogP contribution is -2.11. The number of halogens is 1. The number of carbonyl (C=O) groups is 1. The molecule has 17 heavy (non-hydrogen) atoms. The molecule has 0 heterocycles.